The SMILES string of the molecule is Cc1cc(C(=O)N2CCN(C)CC2)[nH]c1/C=C1\C(=O)Nc2cccc(-c3ccncc3)c21. The Kier molecular flexibility index (Phi) is 5.11. The Morgan fingerprint density at radius 3 is 2.59 bits per heavy atom. The number of benzene rings is 1. The number of hydrogen-bond donors (Lipinski definition) is 2. The lowest BCUT2D eigenvalue weighted by atomic mass is 9.95. The van der Waals surface area contributed by atoms with Gasteiger partial charge in [-0.05, 0) is 61.0 Å². The number of aromatic nitrogens is 2. The quantitative estimate of drug-likeness (QED) is 0.629. The van der Waals surface area contributed by atoms with Crippen molar-refractivity contribution >= 4 is 29.2 Å². The Bertz CT molecular complexity index is 1220. The Balaban J connectivity index is 1.51. The molecule has 7 nitrogen and oxygen atoms in total. The van der Waals surface area contributed by atoms with Crippen LogP contribution < -0.4 is 5.32 Å². The van der Waals surface area contributed by atoms with Crippen molar-refractivity contribution in [3.63, 3.8) is 0 Å². The lowest BCUT2D eigenvalue weighted by molar-refractivity contribution is -0.110. The number of rotatable bonds is 3. The number of H-pyrrole nitrogens is 1. The second-order valence-electron chi connectivity index (χ2n) is 8.35. The number of pyridine rings is 1. The van der Waals surface area contributed by atoms with Crippen molar-refractivity contribution in [3.05, 3.63) is 71.3 Å². The molecule has 1 saturated heterocycles. The average molecular weight is 428 g/mol. The standard InChI is InChI=1S/C25H25N5O2/c1-16-14-22(25(32)30-12-10-29(2)11-13-30)27-21(16)15-19-23-18(17-6-8-26-9-7-17)4-3-5-20(23)28-24(19)31/h3-9,14-15,27H,10-13H2,1-2H3,(H,28,31)/b19-15-. The molecular formula is C25H25N5O2. The number of carbonyl (C=O) groups excluding carboxylic acids is 2. The summed E-state index contributed by atoms with van der Waals surface area (Å²) < 4.78 is 0. The lowest BCUT2D eigenvalue weighted by Gasteiger charge is -2.32. The van der Waals surface area contributed by atoms with Gasteiger partial charge in [-0.3, -0.25) is 14.6 Å². The van der Waals surface area contributed by atoms with Gasteiger partial charge in [0, 0.05) is 55.5 Å². The predicted molar refractivity (Wildman–Crippen MR) is 125 cm³/mol. The molecule has 162 valence electrons. The topological polar surface area (TPSA) is 81.3 Å². The van der Waals surface area contributed by atoms with Crippen LogP contribution in [0.5, 0.6) is 0 Å². The van der Waals surface area contributed by atoms with Gasteiger partial charge in [-0.1, -0.05) is 12.1 Å². The normalized spacial score (nSPS) is 17.5. The van der Waals surface area contributed by atoms with E-state index in [0.29, 0.717) is 11.3 Å². The number of anilines is 1. The smallest absolute Gasteiger partial charge is 0.270 e. The van der Waals surface area contributed by atoms with Crippen LogP contribution in [0.15, 0.2) is 48.8 Å². The third kappa shape index (κ3) is 3.61. The van der Waals surface area contributed by atoms with Gasteiger partial charge in [-0.25, -0.2) is 0 Å². The number of nitrogens with one attached hydrogen (secondary N) is 2. The molecule has 0 saturated carbocycles. The first-order valence-corrected chi connectivity index (χ1v) is 10.8. The third-order valence-corrected chi connectivity index (χ3v) is 6.18. The van der Waals surface area contributed by atoms with E-state index in [1.54, 1.807) is 12.4 Å². The van der Waals surface area contributed by atoms with Crippen molar-refractivity contribution in [2.45, 2.75) is 6.92 Å². The zero-order valence-corrected chi connectivity index (χ0v) is 18.2. The highest BCUT2D eigenvalue weighted by Crippen LogP contribution is 2.40. The summed E-state index contributed by atoms with van der Waals surface area (Å²) >= 11 is 0. The molecule has 2 N–H and O–H groups in total. The highest BCUT2D eigenvalue weighted by molar-refractivity contribution is 6.36. The number of aryl methyl sites for hydroxylation is 1. The highest BCUT2D eigenvalue weighted by Gasteiger charge is 2.28. The van der Waals surface area contributed by atoms with Gasteiger partial charge in [0.05, 0.1) is 5.57 Å². The molecule has 5 rings (SSSR count). The molecule has 0 atom stereocenters. The van der Waals surface area contributed by atoms with Crippen LogP contribution in [0.3, 0.4) is 0 Å². The Morgan fingerprint density at radius 1 is 1.09 bits per heavy atom. The Hall–Kier alpha value is -3.71. The van der Waals surface area contributed by atoms with Crippen molar-refractivity contribution in [1.29, 1.82) is 0 Å². The molecule has 4 heterocycles. The van der Waals surface area contributed by atoms with Crippen LogP contribution in [0.2, 0.25) is 0 Å². The number of carbonyl (C=O) groups is 2. The number of likely N-dealkylation sites (N-methyl/N-ethyl adjacent to an activating group) is 1. The van der Waals surface area contributed by atoms with Gasteiger partial charge in [-0.2, -0.15) is 0 Å². The van der Waals surface area contributed by atoms with Crippen LogP contribution in [-0.4, -0.2) is 64.8 Å². The molecule has 2 amide bonds. The molecule has 1 fully saturated rings. The summed E-state index contributed by atoms with van der Waals surface area (Å²) in [6.07, 6.45) is 5.34. The lowest BCUT2D eigenvalue weighted by Crippen LogP contribution is -2.47. The first-order chi connectivity index (χ1) is 15.5. The van der Waals surface area contributed by atoms with E-state index >= 15 is 0 Å². The molecule has 2 aromatic heterocycles. The molecule has 2 aliphatic rings. The van der Waals surface area contributed by atoms with Gasteiger partial charge >= 0.3 is 0 Å². The molecule has 0 bridgehead atoms. The summed E-state index contributed by atoms with van der Waals surface area (Å²) in [5, 5.41) is 2.97. The molecule has 1 aromatic carbocycles. The van der Waals surface area contributed by atoms with E-state index in [4.69, 9.17) is 0 Å². The number of fused-ring (bicyclic) bond motifs is 1. The number of piperazine rings is 1. The molecular weight excluding hydrogens is 402 g/mol. The van der Waals surface area contributed by atoms with Crippen molar-refractivity contribution in [2.24, 2.45) is 0 Å². The largest absolute Gasteiger partial charge is 0.351 e. The van der Waals surface area contributed by atoms with Gasteiger partial charge in [0.15, 0.2) is 0 Å². The van der Waals surface area contributed by atoms with Crippen LogP contribution in [0.25, 0.3) is 22.8 Å². The number of aromatic amines is 1. The predicted octanol–water partition coefficient (Wildman–Crippen LogP) is 3.27. The van der Waals surface area contributed by atoms with Gasteiger partial charge in [0.1, 0.15) is 5.69 Å². The summed E-state index contributed by atoms with van der Waals surface area (Å²) in [6.45, 7) is 5.13. The van der Waals surface area contributed by atoms with Crippen LogP contribution in [0, 0.1) is 6.92 Å². The van der Waals surface area contributed by atoms with Crippen LogP contribution in [-0.2, 0) is 4.79 Å². The summed E-state index contributed by atoms with van der Waals surface area (Å²) in [4.78, 5) is 37.3. The zero-order chi connectivity index (χ0) is 22.2. The number of amides is 2. The van der Waals surface area contributed by atoms with Crippen LogP contribution in [0.1, 0.15) is 27.3 Å². The van der Waals surface area contributed by atoms with E-state index < -0.39 is 0 Å². The zero-order valence-electron chi connectivity index (χ0n) is 18.2. The number of hydrogen-bond acceptors (Lipinski definition) is 4. The monoisotopic (exact) mass is 427 g/mol. The third-order valence-electron chi connectivity index (χ3n) is 6.18. The second kappa shape index (κ2) is 8.09. The first kappa shape index (κ1) is 20.2. The van der Waals surface area contributed by atoms with E-state index in [1.165, 1.54) is 0 Å². The summed E-state index contributed by atoms with van der Waals surface area (Å²) in [7, 11) is 2.07. The van der Waals surface area contributed by atoms with Crippen LogP contribution >= 0.6 is 0 Å². The molecule has 0 radical (unpaired) electrons. The van der Waals surface area contributed by atoms with Crippen molar-refractivity contribution < 1.29 is 9.59 Å². The summed E-state index contributed by atoms with van der Waals surface area (Å²) in [5.74, 6) is -0.151. The fourth-order valence-electron chi connectivity index (χ4n) is 4.32. The first-order valence-electron chi connectivity index (χ1n) is 10.8. The minimum atomic E-state index is -0.151. The van der Waals surface area contributed by atoms with Gasteiger partial charge in [0.25, 0.3) is 11.8 Å². The molecule has 3 aromatic rings. The van der Waals surface area contributed by atoms with E-state index in [2.05, 4.69) is 27.2 Å². The maximum Gasteiger partial charge on any atom is 0.270 e. The fraction of sp³-hybridized carbons (Fsp3) is 0.240. The average Bonchev–Trinajstić information content (AvgIpc) is 3.34. The Morgan fingerprint density at radius 2 is 1.84 bits per heavy atom. The maximum absolute atomic E-state index is 13.0. The van der Waals surface area contributed by atoms with Crippen molar-refractivity contribution in [2.75, 3.05) is 38.5 Å². The molecule has 0 spiro atoms. The molecule has 7 heteroatoms. The molecule has 32 heavy (non-hydrogen) atoms. The van der Waals surface area contributed by atoms with Gasteiger partial charge in [-0.15, -0.1) is 0 Å². The van der Waals surface area contributed by atoms with E-state index in [1.807, 2.05) is 54.3 Å². The molecule has 2 aliphatic heterocycles. The van der Waals surface area contributed by atoms with Gasteiger partial charge < -0.3 is 20.1 Å². The minimum absolute atomic E-state index is 0.000372. The van der Waals surface area contributed by atoms with Crippen LogP contribution in [0.4, 0.5) is 5.69 Å². The summed E-state index contributed by atoms with van der Waals surface area (Å²) in [6, 6.07) is 11.6. The van der Waals surface area contributed by atoms with E-state index in [9.17, 15) is 9.59 Å². The molecule has 0 unspecified atom stereocenters. The van der Waals surface area contributed by atoms with Crippen molar-refractivity contribution in [3.8, 4) is 11.1 Å². The van der Waals surface area contributed by atoms with Gasteiger partial charge in [0.2, 0.25) is 0 Å². The molecule has 0 aliphatic carbocycles. The minimum Gasteiger partial charge on any atom is -0.351 e. The highest BCUT2D eigenvalue weighted by atomic mass is 16.2. The Labute approximate surface area is 186 Å². The second-order valence-corrected chi connectivity index (χ2v) is 8.35. The maximum atomic E-state index is 13.0. The van der Waals surface area contributed by atoms with E-state index in [-0.39, 0.29) is 11.8 Å². The fourth-order valence-corrected chi connectivity index (χ4v) is 4.32. The van der Waals surface area contributed by atoms with E-state index in [0.717, 1.165) is 59.8 Å². The van der Waals surface area contributed by atoms with Crippen molar-refractivity contribution in [1.82, 2.24) is 19.8 Å². The summed E-state index contributed by atoms with van der Waals surface area (Å²) in [5.41, 5.74) is 6.44. The number of nitrogens with zero attached hydrogens (tertiary/aromatic N) is 3.